The number of benzene rings is 1. The van der Waals surface area contributed by atoms with Gasteiger partial charge in [-0.1, -0.05) is 30.0 Å². The number of nitrogens with zero attached hydrogens (tertiary/aromatic N) is 2. The molecule has 4 nitrogen and oxygen atoms in total. The van der Waals surface area contributed by atoms with Crippen LogP contribution >= 0.6 is 23.1 Å². The van der Waals surface area contributed by atoms with Gasteiger partial charge in [0.1, 0.15) is 5.82 Å². The molecule has 0 radical (unpaired) electrons. The molecule has 1 saturated heterocycles. The molecule has 3 rings (SSSR count). The minimum Gasteiger partial charge on any atom is -0.303 e. The second kappa shape index (κ2) is 6.85. The van der Waals surface area contributed by atoms with Crippen LogP contribution in [0.1, 0.15) is 10.4 Å². The lowest BCUT2D eigenvalue weighted by molar-refractivity contribution is -0.118. The van der Waals surface area contributed by atoms with E-state index in [-0.39, 0.29) is 17.0 Å². The van der Waals surface area contributed by atoms with Crippen LogP contribution in [-0.2, 0) is 11.2 Å². The van der Waals surface area contributed by atoms with E-state index in [4.69, 9.17) is 0 Å². The smallest absolute Gasteiger partial charge is 0.239 e. The first-order valence-electron chi connectivity index (χ1n) is 6.57. The zero-order chi connectivity index (χ0) is 15.4. The molecule has 1 aliphatic rings. The second-order valence-electron chi connectivity index (χ2n) is 4.59. The summed E-state index contributed by atoms with van der Waals surface area (Å²) in [5, 5.41) is 12.9. The lowest BCUT2D eigenvalue weighted by atomic mass is 10.1. The average Bonchev–Trinajstić information content (AvgIpc) is 3.12. The van der Waals surface area contributed by atoms with Crippen LogP contribution in [0.5, 0.6) is 0 Å². The Morgan fingerprint density at radius 1 is 1.27 bits per heavy atom. The number of nitrogens with one attached hydrogen (secondary N) is 1. The maximum atomic E-state index is 12.9. The van der Waals surface area contributed by atoms with Crippen LogP contribution in [0, 0.1) is 5.82 Å². The SMILES string of the molecule is O=C1N/C(=N\N=C/c2cccs2)S[C@@H]1Cc1ccc(F)cc1. The van der Waals surface area contributed by atoms with E-state index in [2.05, 4.69) is 15.5 Å². The van der Waals surface area contributed by atoms with E-state index in [1.54, 1.807) is 29.7 Å². The summed E-state index contributed by atoms with van der Waals surface area (Å²) in [6.45, 7) is 0. The number of thioether (sulfide) groups is 1. The Morgan fingerprint density at radius 3 is 2.82 bits per heavy atom. The van der Waals surface area contributed by atoms with Crippen molar-refractivity contribution >= 4 is 40.4 Å². The van der Waals surface area contributed by atoms with Gasteiger partial charge in [-0.25, -0.2) is 4.39 Å². The molecule has 1 aliphatic heterocycles. The van der Waals surface area contributed by atoms with Gasteiger partial charge in [0.15, 0.2) is 5.17 Å². The van der Waals surface area contributed by atoms with Gasteiger partial charge in [0.25, 0.3) is 0 Å². The number of carbonyl (C=O) groups excluding carboxylic acids is 1. The maximum absolute atomic E-state index is 12.9. The summed E-state index contributed by atoms with van der Waals surface area (Å²) in [4.78, 5) is 12.9. The topological polar surface area (TPSA) is 53.8 Å². The van der Waals surface area contributed by atoms with Crippen LogP contribution in [0.15, 0.2) is 52.0 Å². The Hall–Kier alpha value is -1.99. The van der Waals surface area contributed by atoms with Gasteiger partial charge in [0.2, 0.25) is 5.91 Å². The van der Waals surface area contributed by atoms with Gasteiger partial charge >= 0.3 is 0 Å². The van der Waals surface area contributed by atoms with Crippen molar-refractivity contribution in [2.75, 3.05) is 0 Å². The number of thiophene rings is 1. The summed E-state index contributed by atoms with van der Waals surface area (Å²) < 4.78 is 12.9. The fraction of sp³-hybridized carbons (Fsp3) is 0.133. The number of amidine groups is 1. The summed E-state index contributed by atoms with van der Waals surface area (Å²) >= 11 is 2.91. The van der Waals surface area contributed by atoms with Crippen LogP contribution in [0.2, 0.25) is 0 Å². The second-order valence-corrected chi connectivity index (χ2v) is 6.76. The first-order valence-corrected chi connectivity index (χ1v) is 8.33. The van der Waals surface area contributed by atoms with Gasteiger partial charge in [-0.2, -0.15) is 5.10 Å². The lowest BCUT2D eigenvalue weighted by Crippen LogP contribution is -2.25. The molecule has 0 unspecified atom stereocenters. The van der Waals surface area contributed by atoms with Gasteiger partial charge in [0.05, 0.1) is 11.5 Å². The quantitative estimate of drug-likeness (QED) is 0.691. The Bertz CT molecular complexity index is 711. The van der Waals surface area contributed by atoms with E-state index in [9.17, 15) is 9.18 Å². The monoisotopic (exact) mass is 333 g/mol. The number of rotatable bonds is 4. The molecule has 1 atom stereocenters. The molecule has 2 aromatic rings. The van der Waals surface area contributed by atoms with E-state index >= 15 is 0 Å². The molecule has 1 aromatic carbocycles. The van der Waals surface area contributed by atoms with Crippen LogP contribution in [-0.4, -0.2) is 22.5 Å². The summed E-state index contributed by atoms with van der Waals surface area (Å²) in [5.41, 5.74) is 0.914. The zero-order valence-electron chi connectivity index (χ0n) is 11.4. The molecular weight excluding hydrogens is 321 g/mol. The van der Waals surface area contributed by atoms with Gasteiger partial charge < -0.3 is 5.32 Å². The predicted octanol–water partition coefficient (Wildman–Crippen LogP) is 3.05. The van der Waals surface area contributed by atoms with E-state index < -0.39 is 0 Å². The molecule has 7 heteroatoms. The van der Waals surface area contributed by atoms with Crippen molar-refractivity contribution < 1.29 is 9.18 Å². The van der Waals surface area contributed by atoms with Crippen LogP contribution < -0.4 is 5.32 Å². The first-order chi connectivity index (χ1) is 10.7. The molecule has 1 amide bonds. The number of hydrogen-bond donors (Lipinski definition) is 1. The molecule has 0 spiro atoms. The van der Waals surface area contributed by atoms with Crippen molar-refractivity contribution in [3.8, 4) is 0 Å². The molecule has 1 N–H and O–H groups in total. The third-order valence-electron chi connectivity index (χ3n) is 2.99. The van der Waals surface area contributed by atoms with E-state index in [0.717, 1.165) is 10.4 Å². The summed E-state index contributed by atoms with van der Waals surface area (Å²) in [6, 6.07) is 10.0. The van der Waals surface area contributed by atoms with Gasteiger partial charge in [-0.3, -0.25) is 4.79 Å². The normalized spacial score (nSPS) is 20.0. The molecule has 1 fully saturated rings. The third-order valence-corrected chi connectivity index (χ3v) is 4.87. The minimum atomic E-state index is -0.280. The van der Waals surface area contributed by atoms with Gasteiger partial charge in [0, 0.05) is 4.88 Å². The Balaban J connectivity index is 1.61. The molecule has 2 heterocycles. The van der Waals surface area contributed by atoms with Crippen molar-refractivity contribution in [1.29, 1.82) is 0 Å². The van der Waals surface area contributed by atoms with Crippen molar-refractivity contribution in [1.82, 2.24) is 5.32 Å². The lowest BCUT2D eigenvalue weighted by Gasteiger charge is -2.04. The van der Waals surface area contributed by atoms with Crippen molar-refractivity contribution in [3.63, 3.8) is 0 Å². The highest BCUT2D eigenvalue weighted by Gasteiger charge is 2.30. The van der Waals surface area contributed by atoms with E-state index in [0.29, 0.717) is 11.6 Å². The van der Waals surface area contributed by atoms with Crippen molar-refractivity contribution in [3.05, 3.63) is 58.0 Å². The van der Waals surface area contributed by atoms with Crippen LogP contribution in [0.25, 0.3) is 0 Å². The minimum absolute atomic E-state index is 0.0978. The van der Waals surface area contributed by atoms with Crippen LogP contribution in [0.4, 0.5) is 4.39 Å². The molecule has 22 heavy (non-hydrogen) atoms. The van der Waals surface area contributed by atoms with Crippen molar-refractivity contribution in [2.24, 2.45) is 10.2 Å². The summed E-state index contributed by atoms with van der Waals surface area (Å²) in [5.74, 6) is -0.378. The molecule has 0 bridgehead atoms. The van der Waals surface area contributed by atoms with E-state index in [1.165, 1.54) is 23.9 Å². The highest BCUT2D eigenvalue weighted by atomic mass is 32.2. The predicted molar refractivity (Wildman–Crippen MR) is 89.0 cm³/mol. The molecular formula is C15H12FN3OS2. The fourth-order valence-electron chi connectivity index (χ4n) is 1.92. The molecule has 112 valence electrons. The standard InChI is InChI=1S/C15H12FN3OS2/c16-11-5-3-10(4-6-11)8-13-14(20)18-15(22-13)19-17-9-12-2-1-7-21-12/h1-7,9,13H,8H2,(H,18,19,20)/b17-9-/t13-/m1/s1. The van der Waals surface area contributed by atoms with Gasteiger partial charge in [-0.05, 0) is 35.6 Å². The largest absolute Gasteiger partial charge is 0.303 e. The summed E-state index contributed by atoms with van der Waals surface area (Å²) in [6.07, 6.45) is 2.18. The van der Waals surface area contributed by atoms with Gasteiger partial charge in [-0.15, -0.1) is 16.4 Å². The number of halogens is 1. The number of amides is 1. The highest BCUT2D eigenvalue weighted by Crippen LogP contribution is 2.23. The molecule has 0 saturated carbocycles. The Labute approximate surface area is 135 Å². The average molecular weight is 333 g/mol. The van der Waals surface area contributed by atoms with Crippen LogP contribution in [0.3, 0.4) is 0 Å². The van der Waals surface area contributed by atoms with Crippen molar-refractivity contribution in [2.45, 2.75) is 11.7 Å². The fourth-order valence-corrected chi connectivity index (χ4v) is 3.47. The Morgan fingerprint density at radius 2 is 2.09 bits per heavy atom. The maximum Gasteiger partial charge on any atom is 0.239 e. The highest BCUT2D eigenvalue weighted by molar-refractivity contribution is 8.15. The number of hydrogen-bond acceptors (Lipinski definition) is 5. The molecule has 0 aliphatic carbocycles. The zero-order valence-corrected chi connectivity index (χ0v) is 13.0. The Kier molecular flexibility index (Phi) is 4.65. The number of carbonyl (C=O) groups is 1. The summed E-state index contributed by atoms with van der Waals surface area (Å²) in [7, 11) is 0. The third kappa shape index (κ3) is 3.80. The first kappa shape index (κ1) is 14.9. The van der Waals surface area contributed by atoms with E-state index in [1.807, 2.05) is 17.5 Å². The molecule has 1 aromatic heterocycles.